The largest absolute Gasteiger partial charge is 0.380 e. The highest BCUT2D eigenvalue weighted by molar-refractivity contribution is 7.71. The van der Waals surface area contributed by atoms with Gasteiger partial charge >= 0.3 is 0 Å². The van der Waals surface area contributed by atoms with E-state index >= 15 is 0 Å². The van der Waals surface area contributed by atoms with Crippen molar-refractivity contribution in [3.63, 3.8) is 0 Å². The third-order valence-electron chi connectivity index (χ3n) is 2.69. The van der Waals surface area contributed by atoms with Crippen LogP contribution in [0.4, 0.5) is 5.95 Å². The summed E-state index contributed by atoms with van der Waals surface area (Å²) in [7, 11) is 0. The summed E-state index contributed by atoms with van der Waals surface area (Å²) in [5.74, 6) is 0.956. The van der Waals surface area contributed by atoms with Gasteiger partial charge in [0.1, 0.15) is 0 Å². The molecule has 0 radical (unpaired) electrons. The standard InChI is InChI=1S/C10H18N4OS/c1-2-4-14-9(11-12-10(14)16)13-5-3-7-15-8-6-13/h2-8H2,1H3,(H,12,16). The first-order valence-corrected chi connectivity index (χ1v) is 6.21. The van der Waals surface area contributed by atoms with E-state index in [1.54, 1.807) is 0 Å². The zero-order valence-corrected chi connectivity index (χ0v) is 10.4. The van der Waals surface area contributed by atoms with E-state index in [0.717, 1.165) is 51.6 Å². The molecule has 1 aromatic heterocycles. The molecule has 90 valence electrons. The number of hydrogen-bond donors (Lipinski definition) is 1. The maximum Gasteiger partial charge on any atom is 0.225 e. The van der Waals surface area contributed by atoms with Gasteiger partial charge < -0.3 is 9.64 Å². The van der Waals surface area contributed by atoms with Crippen LogP contribution in [-0.2, 0) is 11.3 Å². The summed E-state index contributed by atoms with van der Waals surface area (Å²) in [5.41, 5.74) is 0. The number of hydrogen-bond acceptors (Lipinski definition) is 4. The quantitative estimate of drug-likeness (QED) is 0.817. The minimum atomic E-state index is 0.710. The van der Waals surface area contributed by atoms with Crippen molar-refractivity contribution in [1.82, 2.24) is 14.8 Å². The monoisotopic (exact) mass is 242 g/mol. The first kappa shape index (κ1) is 11.6. The number of aromatic nitrogens is 3. The average molecular weight is 242 g/mol. The predicted octanol–water partition coefficient (Wildman–Crippen LogP) is 1.58. The molecule has 0 bridgehead atoms. The number of nitrogens with zero attached hydrogens (tertiary/aromatic N) is 3. The molecule has 0 atom stereocenters. The minimum Gasteiger partial charge on any atom is -0.380 e. The van der Waals surface area contributed by atoms with E-state index in [0.29, 0.717) is 4.77 Å². The first-order valence-electron chi connectivity index (χ1n) is 5.81. The molecule has 6 heteroatoms. The van der Waals surface area contributed by atoms with E-state index in [4.69, 9.17) is 17.0 Å². The van der Waals surface area contributed by atoms with Gasteiger partial charge in [0.25, 0.3) is 0 Å². The Bertz CT molecular complexity index is 378. The third-order valence-corrected chi connectivity index (χ3v) is 3.00. The van der Waals surface area contributed by atoms with Gasteiger partial charge in [-0.1, -0.05) is 6.92 Å². The van der Waals surface area contributed by atoms with Gasteiger partial charge in [0.2, 0.25) is 5.95 Å². The Balaban J connectivity index is 2.20. The molecular weight excluding hydrogens is 224 g/mol. The first-order chi connectivity index (χ1) is 7.83. The van der Waals surface area contributed by atoms with E-state index in [2.05, 4.69) is 26.6 Å². The second kappa shape index (κ2) is 5.45. The molecule has 16 heavy (non-hydrogen) atoms. The van der Waals surface area contributed by atoms with E-state index in [9.17, 15) is 0 Å². The Morgan fingerprint density at radius 2 is 2.31 bits per heavy atom. The molecule has 0 aliphatic carbocycles. The molecule has 5 nitrogen and oxygen atoms in total. The van der Waals surface area contributed by atoms with Gasteiger partial charge in [-0.25, -0.2) is 5.10 Å². The van der Waals surface area contributed by atoms with Gasteiger partial charge in [-0.05, 0) is 25.1 Å². The van der Waals surface area contributed by atoms with Crippen molar-refractivity contribution < 1.29 is 4.74 Å². The lowest BCUT2D eigenvalue weighted by Crippen LogP contribution is -2.29. The molecule has 0 amide bonds. The Hall–Kier alpha value is -0.880. The molecule has 1 N–H and O–H groups in total. The summed E-state index contributed by atoms with van der Waals surface area (Å²) in [6.07, 6.45) is 2.11. The van der Waals surface area contributed by atoms with Gasteiger partial charge in [0.15, 0.2) is 4.77 Å². The molecule has 1 aromatic rings. The van der Waals surface area contributed by atoms with Crippen LogP contribution < -0.4 is 4.90 Å². The number of anilines is 1. The topological polar surface area (TPSA) is 46.1 Å². The van der Waals surface area contributed by atoms with E-state index in [-0.39, 0.29) is 0 Å². The summed E-state index contributed by atoms with van der Waals surface area (Å²) < 4.78 is 8.22. The smallest absolute Gasteiger partial charge is 0.225 e. The maximum absolute atomic E-state index is 5.44. The van der Waals surface area contributed by atoms with E-state index in [1.807, 2.05) is 0 Å². The summed E-state index contributed by atoms with van der Waals surface area (Å²) in [6, 6.07) is 0. The van der Waals surface area contributed by atoms with Crippen LogP contribution >= 0.6 is 12.2 Å². The fourth-order valence-corrected chi connectivity index (χ4v) is 2.14. The van der Waals surface area contributed by atoms with Crippen LogP contribution in [0.25, 0.3) is 0 Å². The minimum absolute atomic E-state index is 0.710. The molecule has 1 aliphatic heterocycles. The van der Waals surface area contributed by atoms with Crippen LogP contribution in [0.2, 0.25) is 0 Å². The van der Waals surface area contributed by atoms with Crippen molar-refractivity contribution >= 4 is 18.2 Å². The van der Waals surface area contributed by atoms with Gasteiger partial charge in [0, 0.05) is 26.2 Å². The Labute approximate surface area is 100 Å². The summed E-state index contributed by atoms with van der Waals surface area (Å²) in [5, 5.41) is 7.19. The molecule has 0 saturated carbocycles. The van der Waals surface area contributed by atoms with Crippen molar-refractivity contribution in [3.8, 4) is 0 Å². The van der Waals surface area contributed by atoms with Crippen molar-refractivity contribution in [1.29, 1.82) is 0 Å². The lowest BCUT2D eigenvalue weighted by molar-refractivity contribution is 0.152. The molecular formula is C10H18N4OS. The Morgan fingerprint density at radius 3 is 3.12 bits per heavy atom. The molecule has 0 unspecified atom stereocenters. The summed E-state index contributed by atoms with van der Waals surface area (Å²) in [6.45, 7) is 6.56. The molecule has 1 saturated heterocycles. The van der Waals surface area contributed by atoms with Crippen LogP contribution in [0.3, 0.4) is 0 Å². The second-order valence-electron chi connectivity index (χ2n) is 3.93. The maximum atomic E-state index is 5.44. The molecule has 1 fully saturated rings. The highest BCUT2D eigenvalue weighted by Gasteiger charge is 2.15. The van der Waals surface area contributed by atoms with Crippen molar-refractivity contribution in [2.45, 2.75) is 26.3 Å². The zero-order valence-electron chi connectivity index (χ0n) is 9.61. The summed E-state index contributed by atoms with van der Waals surface area (Å²) in [4.78, 5) is 2.24. The van der Waals surface area contributed by atoms with Crippen molar-refractivity contribution in [3.05, 3.63) is 4.77 Å². The Kier molecular flexibility index (Phi) is 3.95. The van der Waals surface area contributed by atoms with Crippen molar-refractivity contribution in [2.75, 3.05) is 31.2 Å². The van der Waals surface area contributed by atoms with Gasteiger partial charge in [-0.2, -0.15) is 0 Å². The van der Waals surface area contributed by atoms with Crippen molar-refractivity contribution in [2.24, 2.45) is 0 Å². The van der Waals surface area contributed by atoms with Crippen LogP contribution in [0.1, 0.15) is 19.8 Å². The summed E-state index contributed by atoms with van der Waals surface area (Å²) >= 11 is 5.23. The number of aromatic amines is 1. The predicted molar refractivity (Wildman–Crippen MR) is 65.4 cm³/mol. The van der Waals surface area contributed by atoms with Gasteiger partial charge in [-0.3, -0.25) is 4.57 Å². The Morgan fingerprint density at radius 1 is 1.44 bits per heavy atom. The number of rotatable bonds is 3. The van der Waals surface area contributed by atoms with Crippen LogP contribution in [0, 0.1) is 4.77 Å². The molecule has 2 heterocycles. The zero-order chi connectivity index (χ0) is 11.4. The lowest BCUT2D eigenvalue weighted by atomic mass is 10.4. The fraction of sp³-hybridized carbons (Fsp3) is 0.800. The second-order valence-corrected chi connectivity index (χ2v) is 4.32. The average Bonchev–Trinajstić information content (AvgIpc) is 2.55. The third kappa shape index (κ3) is 2.44. The molecule has 2 rings (SSSR count). The van der Waals surface area contributed by atoms with E-state index < -0.39 is 0 Å². The van der Waals surface area contributed by atoms with Crippen LogP contribution in [0.15, 0.2) is 0 Å². The highest BCUT2D eigenvalue weighted by Crippen LogP contribution is 2.14. The lowest BCUT2D eigenvalue weighted by Gasteiger charge is -2.20. The normalized spacial score (nSPS) is 17.4. The molecule has 0 aromatic carbocycles. The van der Waals surface area contributed by atoms with Crippen LogP contribution in [0.5, 0.6) is 0 Å². The molecule has 1 aliphatic rings. The SMILES string of the molecule is CCCn1c(N2CCCOCC2)n[nH]c1=S. The fourth-order valence-electron chi connectivity index (χ4n) is 1.92. The van der Waals surface area contributed by atoms with Gasteiger partial charge in [-0.15, -0.1) is 5.10 Å². The van der Waals surface area contributed by atoms with E-state index in [1.165, 1.54) is 0 Å². The number of nitrogens with one attached hydrogen (secondary N) is 1. The number of H-pyrrole nitrogens is 1. The number of ether oxygens (including phenoxy) is 1. The van der Waals surface area contributed by atoms with Gasteiger partial charge in [0.05, 0.1) is 6.61 Å². The molecule has 0 spiro atoms. The highest BCUT2D eigenvalue weighted by atomic mass is 32.1. The van der Waals surface area contributed by atoms with Crippen LogP contribution in [-0.4, -0.2) is 41.1 Å².